The maximum atomic E-state index is 12.3. The van der Waals surface area contributed by atoms with Gasteiger partial charge < -0.3 is 14.8 Å². The zero-order chi connectivity index (χ0) is 21.7. The van der Waals surface area contributed by atoms with Gasteiger partial charge in [-0.25, -0.2) is 4.79 Å². The number of nitrogens with one attached hydrogen (secondary N) is 1. The molecular weight excluding hydrogens is 390 g/mol. The molecule has 0 aliphatic carbocycles. The maximum absolute atomic E-state index is 12.3. The molecular formula is C21H13N3O6. The summed E-state index contributed by atoms with van der Waals surface area (Å²) in [4.78, 5) is 33.7. The van der Waals surface area contributed by atoms with Crippen molar-refractivity contribution in [2.75, 3.05) is 5.32 Å². The molecule has 0 aliphatic rings. The van der Waals surface area contributed by atoms with Gasteiger partial charge in [0.25, 0.3) is 11.6 Å². The molecule has 1 amide bonds. The van der Waals surface area contributed by atoms with Gasteiger partial charge in [0, 0.05) is 29.5 Å². The van der Waals surface area contributed by atoms with Crippen LogP contribution in [0.15, 0.2) is 70.7 Å². The molecule has 0 radical (unpaired) electrons. The smallest absolute Gasteiger partial charge is 0.335 e. The first-order valence-corrected chi connectivity index (χ1v) is 8.48. The lowest BCUT2D eigenvalue weighted by Crippen LogP contribution is -2.13. The summed E-state index contributed by atoms with van der Waals surface area (Å²) in [5.41, 5.74) is 0.307. The second-order valence-electron chi connectivity index (χ2n) is 6.02. The van der Waals surface area contributed by atoms with Gasteiger partial charge in [-0.3, -0.25) is 14.9 Å². The number of carbonyl (C=O) groups excluding carboxylic acids is 1. The number of hydrogen-bond donors (Lipinski definition) is 2. The molecule has 0 saturated heterocycles. The van der Waals surface area contributed by atoms with Gasteiger partial charge in [-0.15, -0.1) is 0 Å². The molecule has 3 aromatic rings. The molecule has 0 spiro atoms. The van der Waals surface area contributed by atoms with Crippen molar-refractivity contribution in [2.24, 2.45) is 0 Å². The van der Waals surface area contributed by atoms with Crippen molar-refractivity contribution in [3.8, 4) is 17.4 Å². The number of aromatic carboxylic acids is 1. The molecule has 0 bridgehead atoms. The second-order valence-corrected chi connectivity index (χ2v) is 6.02. The van der Waals surface area contributed by atoms with Crippen LogP contribution in [0.2, 0.25) is 0 Å². The van der Waals surface area contributed by atoms with Crippen LogP contribution in [0.3, 0.4) is 0 Å². The average molecular weight is 403 g/mol. The number of rotatable bonds is 6. The Morgan fingerprint density at radius 1 is 1.13 bits per heavy atom. The minimum atomic E-state index is -1.08. The number of nitro benzene ring substituents is 1. The molecule has 0 saturated carbocycles. The van der Waals surface area contributed by atoms with E-state index in [0.29, 0.717) is 11.3 Å². The first kappa shape index (κ1) is 20.0. The van der Waals surface area contributed by atoms with E-state index in [1.165, 1.54) is 48.5 Å². The fourth-order valence-corrected chi connectivity index (χ4v) is 2.58. The molecule has 9 heteroatoms. The minimum absolute atomic E-state index is 0.0926. The molecule has 0 fully saturated rings. The number of carboxylic acid groups (broad SMARTS) is 1. The number of carboxylic acids is 1. The Morgan fingerprint density at radius 2 is 1.90 bits per heavy atom. The highest BCUT2D eigenvalue weighted by molar-refractivity contribution is 6.09. The molecule has 2 N–H and O–H groups in total. The number of hydrogen-bond acceptors (Lipinski definition) is 6. The predicted octanol–water partition coefficient (Wildman–Crippen LogP) is 4.10. The van der Waals surface area contributed by atoms with Gasteiger partial charge in [0.2, 0.25) is 0 Å². The van der Waals surface area contributed by atoms with Crippen molar-refractivity contribution >= 4 is 29.3 Å². The van der Waals surface area contributed by atoms with Crippen molar-refractivity contribution in [3.05, 3.63) is 87.7 Å². The van der Waals surface area contributed by atoms with Gasteiger partial charge in [0.15, 0.2) is 0 Å². The van der Waals surface area contributed by atoms with E-state index in [9.17, 15) is 25.0 Å². The van der Waals surface area contributed by atoms with Gasteiger partial charge in [0.1, 0.15) is 23.2 Å². The quantitative estimate of drug-likeness (QED) is 0.272. The Bertz CT molecular complexity index is 1220. The summed E-state index contributed by atoms with van der Waals surface area (Å²) < 4.78 is 5.60. The Kier molecular flexibility index (Phi) is 5.70. The van der Waals surface area contributed by atoms with E-state index in [0.717, 1.165) is 0 Å². The second kappa shape index (κ2) is 8.53. The maximum Gasteiger partial charge on any atom is 0.335 e. The number of nitriles is 1. The third-order valence-electron chi connectivity index (χ3n) is 3.99. The van der Waals surface area contributed by atoms with Gasteiger partial charge in [-0.2, -0.15) is 5.26 Å². The van der Waals surface area contributed by atoms with E-state index in [2.05, 4.69) is 5.32 Å². The van der Waals surface area contributed by atoms with Crippen LogP contribution >= 0.6 is 0 Å². The van der Waals surface area contributed by atoms with E-state index < -0.39 is 16.8 Å². The van der Waals surface area contributed by atoms with Crippen molar-refractivity contribution in [3.63, 3.8) is 0 Å². The molecule has 2 aromatic carbocycles. The fourth-order valence-electron chi connectivity index (χ4n) is 2.58. The summed E-state index contributed by atoms with van der Waals surface area (Å²) in [6.45, 7) is 0. The number of nitrogens with zero attached hydrogens (tertiary/aromatic N) is 2. The number of non-ortho nitro benzene ring substituents is 1. The lowest BCUT2D eigenvalue weighted by atomic mass is 10.1. The first-order chi connectivity index (χ1) is 14.4. The van der Waals surface area contributed by atoms with Crippen LogP contribution in [0, 0.1) is 21.4 Å². The van der Waals surface area contributed by atoms with Crippen LogP contribution in [0.5, 0.6) is 0 Å². The average Bonchev–Trinajstić information content (AvgIpc) is 3.21. The molecule has 0 unspecified atom stereocenters. The molecule has 1 aromatic heterocycles. The molecule has 3 rings (SSSR count). The molecule has 0 aliphatic heterocycles. The largest absolute Gasteiger partial charge is 0.478 e. The monoisotopic (exact) mass is 403 g/mol. The van der Waals surface area contributed by atoms with Crippen LogP contribution in [-0.2, 0) is 4.79 Å². The zero-order valence-electron chi connectivity index (χ0n) is 15.2. The minimum Gasteiger partial charge on any atom is -0.478 e. The molecule has 9 nitrogen and oxygen atoms in total. The number of nitro groups is 1. The molecule has 0 atom stereocenters. The fraction of sp³-hybridized carbons (Fsp3) is 0. The Balaban J connectivity index is 1.81. The van der Waals surface area contributed by atoms with Gasteiger partial charge in [0.05, 0.1) is 10.5 Å². The standard InChI is InChI=1S/C21H13N3O6/c22-12-15(20(25)23-16-5-2-6-17(11-16)24(28)29)10-18-7-8-19(30-18)13-3-1-4-14(9-13)21(26)27/h1-11H,(H,23,25)(H,26,27)/b15-10+. The number of anilines is 1. The Hall–Kier alpha value is -4.71. The van der Waals surface area contributed by atoms with E-state index in [4.69, 9.17) is 9.52 Å². The van der Waals surface area contributed by atoms with Crippen LogP contribution < -0.4 is 5.32 Å². The lowest BCUT2D eigenvalue weighted by Gasteiger charge is -2.03. The third kappa shape index (κ3) is 4.58. The number of furan rings is 1. The van der Waals surface area contributed by atoms with Crippen molar-refractivity contribution < 1.29 is 24.0 Å². The van der Waals surface area contributed by atoms with E-state index in [1.54, 1.807) is 24.3 Å². The molecule has 1 heterocycles. The summed E-state index contributed by atoms with van der Waals surface area (Å²) >= 11 is 0. The van der Waals surface area contributed by atoms with E-state index in [1.807, 2.05) is 0 Å². The summed E-state index contributed by atoms with van der Waals surface area (Å²) in [7, 11) is 0. The SMILES string of the molecule is N#C/C(=C\c1ccc(-c2cccc(C(=O)O)c2)o1)C(=O)Nc1cccc([N+](=O)[O-])c1. The van der Waals surface area contributed by atoms with Crippen LogP contribution in [-0.4, -0.2) is 21.9 Å². The summed E-state index contributed by atoms with van der Waals surface area (Å²) in [5.74, 6) is -1.27. The Labute approximate surface area is 169 Å². The van der Waals surface area contributed by atoms with Crippen molar-refractivity contribution in [1.82, 2.24) is 0 Å². The lowest BCUT2D eigenvalue weighted by molar-refractivity contribution is -0.384. The van der Waals surface area contributed by atoms with Crippen LogP contribution in [0.1, 0.15) is 16.1 Å². The van der Waals surface area contributed by atoms with Crippen molar-refractivity contribution in [1.29, 1.82) is 5.26 Å². The highest BCUT2D eigenvalue weighted by Gasteiger charge is 2.14. The normalized spacial score (nSPS) is 10.8. The summed E-state index contributed by atoms with van der Waals surface area (Å²) in [6, 6.07) is 16.3. The topological polar surface area (TPSA) is 146 Å². The van der Waals surface area contributed by atoms with Gasteiger partial charge in [-0.1, -0.05) is 18.2 Å². The predicted molar refractivity (Wildman–Crippen MR) is 106 cm³/mol. The summed E-state index contributed by atoms with van der Waals surface area (Å²) in [6.07, 6.45) is 1.22. The van der Waals surface area contributed by atoms with Gasteiger partial charge >= 0.3 is 5.97 Å². The number of carbonyl (C=O) groups is 2. The Morgan fingerprint density at radius 3 is 2.60 bits per heavy atom. The van der Waals surface area contributed by atoms with Crippen molar-refractivity contribution in [2.45, 2.75) is 0 Å². The highest BCUT2D eigenvalue weighted by Crippen LogP contribution is 2.25. The number of benzene rings is 2. The van der Waals surface area contributed by atoms with E-state index in [-0.39, 0.29) is 28.3 Å². The highest BCUT2D eigenvalue weighted by atomic mass is 16.6. The zero-order valence-corrected chi connectivity index (χ0v) is 15.2. The van der Waals surface area contributed by atoms with E-state index >= 15 is 0 Å². The van der Waals surface area contributed by atoms with Gasteiger partial charge in [-0.05, 0) is 30.3 Å². The number of amides is 1. The van der Waals surface area contributed by atoms with Crippen LogP contribution in [0.4, 0.5) is 11.4 Å². The molecule has 148 valence electrons. The van der Waals surface area contributed by atoms with Crippen LogP contribution in [0.25, 0.3) is 17.4 Å². The molecule has 30 heavy (non-hydrogen) atoms. The summed E-state index contributed by atoms with van der Waals surface area (Å²) in [5, 5.41) is 31.6. The first-order valence-electron chi connectivity index (χ1n) is 8.48. The third-order valence-corrected chi connectivity index (χ3v) is 3.99.